The fraction of sp³-hybridized carbons (Fsp3) is 0.333. The number of nitrogens with zero attached hydrogens (tertiary/aromatic N) is 3. The molecule has 0 amide bonds. The van der Waals surface area contributed by atoms with E-state index in [4.69, 9.17) is 4.74 Å². The topological polar surface area (TPSA) is 65.0 Å². The Morgan fingerprint density at radius 2 is 2.22 bits per heavy atom. The fourth-order valence-electron chi connectivity index (χ4n) is 1.95. The zero-order chi connectivity index (χ0) is 12.5. The zero-order valence-corrected chi connectivity index (χ0v) is 10.7. The lowest BCUT2D eigenvalue weighted by molar-refractivity contribution is 0.0976. The SMILES string of the molecule is COc1cc(-c2nc3c(s2)C(=O)CCC3)ncn1. The lowest BCUT2D eigenvalue weighted by Gasteiger charge is -2.06. The van der Waals surface area contributed by atoms with Gasteiger partial charge in [-0.3, -0.25) is 4.79 Å². The van der Waals surface area contributed by atoms with Crippen molar-refractivity contribution in [2.75, 3.05) is 7.11 Å². The van der Waals surface area contributed by atoms with Crippen LogP contribution in [0.1, 0.15) is 28.2 Å². The molecule has 0 spiro atoms. The van der Waals surface area contributed by atoms with Crippen molar-refractivity contribution in [2.24, 2.45) is 0 Å². The monoisotopic (exact) mass is 261 g/mol. The largest absolute Gasteiger partial charge is 0.481 e. The molecule has 2 aromatic heterocycles. The summed E-state index contributed by atoms with van der Waals surface area (Å²) >= 11 is 1.41. The minimum absolute atomic E-state index is 0.195. The van der Waals surface area contributed by atoms with Gasteiger partial charge in [0.25, 0.3) is 0 Å². The Bertz CT molecular complexity index is 609. The summed E-state index contributed by atoms with van der Waals surface area (Å²) in [5, 5.41) is 0.760. The summed E-state index contributed by atoms with van der Waals surface area (Å²) in [7, 11) is 1.56. The fourth-order valence-corrected chi connectivity index (χ4v) is 2.99. The van der Waals surface area contributed by atoms with Gasteiger partial charge in [0, 0.05) is 12.5 Å². The third-order valence-electron chi connectivity index (χ3n) is 2.84. The third-order valence-corrected chi connectivity index (χ3v) is 4.00. The Hall–Kier alpha value is -1.82. The predicted molar refractivity (Wildman–Crippen MR) is 67.0 cm³/mol. The number of ketones is 1. The Morgan fingerprint density at radius 1 is 1.33 bits per heavy atom. The van der Waals surface area contributed by atoms with Crippen LogP contribution in [0.15, 0.2) is 12.4 Å². The molecule has 0 atom stereocenters. The second kappa shape index (κ2) is 4.45. The van der Waals surface area contributed by atoms with E-state index in [1.165, 1.54) is 17.7 Å². The van der Waals surface area contributed by atoms with E-state index < -0.39 is 0 Å². The summed E-state index contributed by atoms with van der Waals surface area (Å²) in [5.41, 5.74) is 1.61. The number of thiazole rings is 1. The summed E-state index contributed by atoms with van der Waals surface area (Å²) in [4.78, 5) is 25.2. The first kappa shape index (κ1) is 11.3. The quantitative estimate of drug-likeness (QED) is 0.828. The molecule has 2 heterocycles. The number of hydrogen-bond acceptors (Lipinski definition) is 6. The van der Waals surface area contributed by atoms with Gasteiger partial charge in [0.15, 0.2) is 5.78 Å². The molecule has 92 valence electrons. The molecule has 0 fully saturated rings. The van der Waals surface area contributed by atoms with Crippen LogP contribution in [0.5, 0.6) is 5.88 Å². The molecule has 0 unspecified atom stereocenters. The lowest BCUT2D eigenvalue weighted by Crippen LogP contribution is -2.07. The van der Waals surface area contributed by atoms with E-state index in [1.54, 1.807) is 13.2 Å². The molecule has 0 aromatic carbocycles. The molecule has 1 aliphatic rings. The number of ether oxygens (including phenoxy) is 1. The number of carbonyl (C=O) groups is 1. The molecule has 0 aliphatic heterocycles. The molecule has 0 N–H and O–H groups in total. The molecule has 0 saturated carbocycles. The van der Waals surface area contributed by atoms with Crippen LogP contribution in [-0.2, 0) is 6.42 Å². The van der Waals surface area contributed by atoms with Gasteiger partial charge in [0.2, 0.25) is 5.88 Å². The van der Waals surface area contributed by atoms with Gasteiger partial charge in [-0.1, -0.05) is 0 Å². The molecule has 18 heavy (non-hydrogen) atoms. The second-order valence-electron chi connectivity index (χ2n) is 4.02. The normalized spacial score (nSPS) is 14.4. The lowest BCUT2D eigenvalue weighted by atomic mass is 10.0. The van der Waals surface area contributed by atoms with Crippen molar-refractivity contribution in [3.8, 4) is 16.6 Å². The van der Waals surface area contributed by atoms with Crippen molar-refractivity contribution in [3.05, 3.63) is 23.0 Å². The Labute approximate surface area is 108 Å². The molecule has 2 aromatic rings. The van der Waals surface area contributed by atoms with Crippen molar-refractivity contribution < 1.29 is 9.53 Å². The van der Waals surface area contributed by atoms with Crippen LogP contribution in [0.2, 0.25) is 0 Å². The summed E-state index contributed by atoms with van der Waals surface area (Å²) in [5.74, 6) is 0.695. The molecular weight excluding hydrogens is 250 g/mol. The van der Waals surface area contributed by atoms with Gasteiger partial charge in [-0.25, -0.2) is 15.0 Å². The standard InChI is InChI=1S/C12H11N3O2S/c1-17-10-5-8(13-6-14-10)12-15-7-3-2-4-9(16)11(7)18-12/h5-6H,2-4H2,1H3. The summed E-state index contributed by atoms with van der Waals surface area (Å²) in [6.45, 7) is 0. The highest BCUT2D eigenvalue weighted by atomic mass is 32.1. The average molecular weight is 261 g/mol. The van der Waals surface area contributed by atoms with Gasteiger partial charge in [-0.2, -0.15) is 0 Å². The smallest absolute Gasteiger partial charge is 0.216 e. The maximum Gasteiger partial charge on any atom is 0.216 e. The van der Waals surface area contributed by atoms with Gasteiger partial charge in [-0.15, -0.1) is 11.3 Å². The van der Waals surface area contributed by atoms with Gasteiger partial charge in [-0.05, 0) is 12.8 Å². The minimum Gasteiger partial charge on any atom is -0.481 e. The number of carbonyl (C=O) groups excluding carboxylic acids is 1. The van der Waals surface area contributed by atoms with Crippen molar-refractivity contribution in [1.29, 1.82) is 0 Å². The molecule has 1 aliphatic carbocycles. The minimum atomic E-state index is 0.195. The van der Waals surface area contributed by atoms with Crippen molar-refractivity contribution in [1.82, 2.24) is 15.0 Å². The predicted octanol–water partition coefficient (Wildman–Crippen LogP) is 2.13. The molecular formula is C12H11N3O2S. The van der Waals surface area contributed by atoms with Crippen LogP contribution < -0.4 is 4.74 Å². The number of aryl methyl sites for hydroxylation is 1. The maximum absolute atomic E-state index is 11.8. The van der Waals surface area contributed by atoms with E-state index in [9.17, 15) is 4.79 Å². The van der Waals surface area contributed by atoms with Crippen molar-refractivity contribution in [3.63, 3.8) is 0 Å². The Kier molecular flexibility index (Phi) is 2.79. The highest BCUT2D eigenvalue weighted by Crippen LogP contribution is 2.32. The third kappa shape index (κ3) is 1.88. The molecule has 5 nitrogen and oxygen atoms in total. The maximum atomic E-state index is 11.8. The Morgan fingerprint density at radius 3 is 3.00 bits per heavy atom. The Balaban J connectivity index is 2.04. The van der Waals surface area contributed by atoms with E-state index >= 15 is 0 Å². The summed E-state index contributed by atoms with van der Waals surface area (Å²) < 4.78 is 5.06. The number of hydrogen-bond donors (Lipinski definition) is 0. The van der Waals surface area contributed by atoms with E-state index in [1.807, 2.05) is 0 Å². The zero-order valence-electron chi connectivity index (χ0n) is 9.84. The van der Waals surface area contributed by atoms with E-state index in [0.717, 1.165) is 28.4 Å². The second-order valence-corrected chi connectivity index (χ2v) is 5.02. The number of fused-ring (bicyclic) bond motifs is 1. The number of aromatic nitrogens is 3. The van der Waals surface area contributed by atoms with Crippen LogP contribution in [-0.4, -0.2) is 27.8 Å². The van der Waals surface area contributed by atoms with Crippen LogP contribution >= 0.6 is 11.3 Å². The first-order valence-electron chi connectivity index (χ1n) is 5.67. The van der Waals surface area contributed by atoms with Gasteiger partial charge >= 0.3 is 0 Å². The van der Waals surface area contributed by atoms with Crippen LogP contribution in [0, 0.1) is 0 Å². The van der Waals surface area contributed by atoms with Gasteiger partial charge < -0.3 is 4.74 Å². The van der Waals surface area contributed by atoms with Gasteiger partial charge in [0.1, 0.15) is 17.0 Å². The van der Waals surface area contributed by atoms with E-state index in [0.29, 0.717) is 18.0 Å². The van der Waals surface area contributed by atoms with Crippen LogP contribution in [0.3, 0.4) is 0 Å². The molecule has 0 radical (unpaired) electrons. The molecule has 3 rings (SSSR count). The highest BCUT2D eigenvalue weighted by Gasteiger charge is 2.23. The highest BCUT2D eigenvalue weighted by molar-refractivity contribution is 7.17. The summed E-state index contributed by atoms with van der Waals surface area (Å²) in [6, 6.07) is 1.73. The molecule has 0 bridgehead atoms. The van der Waals surface area contributed by atoms with E-state index in [2.05, 4.69) is 15.0 Å². The van der Waals surface area contributed by atoms with Gasteiger partial charge in [0.05, 0.1) is 17.7 Å². The van der Waals surface area contributed by atoms with Crippen LogP contribution in [0.25, 0.3) is 10.7 Å². The first-order chi connectivity index (χ1) is 8.78. The first-order valence-corrected chi connectivity index (χ1v) is 6.49. The van der Waals surface area contributed by atoms with Crippen LogP contribution in [0.4, 0.5) is 0 Å². The van der Waals surface area contributed by atoms with Crippen molar-refractivity contribution >= 4 is 17.1 Å². The number of rotatable bonds is 2. The van der Waals surface area contributed by atoms with E-state index in [-0.39, 0.29) is 5.78 Å². The summed E-state index contributed by atoms with van der Waals surface area (Å²) in [6.07, 6.45) is 3.83. The number of Topliss-reactive ketones (excluding diaryl/α,β-unsaturated/α-hetero) is 1. The number of methoxy groups -OCH3 is 1. The van der Waals surface area contributed by atoms with Crippen molar-refractivity contribution in [2.45, 2.75) is 19.3 Å². The average Bonchev–Trinajstić information content (AvgIpc) is 2.84. The molecule has 6 heteroatoms. The molecule has 0 saturated heterocycles.